The fourth-order valence-electron chi connectivity index (χ4n) is 3.82. The molecule has 0 aromatic heterocycles. The van der Waals surface area contributed by atoms with Gasteiger partial charge in [-0.05, 0) is 51.5 Å². The van der Waals surface area contributed by atoms with Crippen LogP contribution in [0.15, 0.2) is 36.0 Å². The molecule has 2 aliphatic rings. The molecular weight excluding hydrogens is 512 g/mol. The second kappa shape index (κ2) is 9.41. The summed E-state index contributed by atoms with van der Waals surface area (Å²) in [7, 11) is -3.64. The van der Waals surface area contributed by atoms with Gasteiger partial charge in [-0.2, -0.15) is 0 Å². The highest BCUT2D eigenvalue weighted by Crippen LogP contribution is 2.48. The number of nitrogens with zero attached hydrogens (tertiary/aromatic N) is 1. The molecule has 4 atom stereocenters. The topological polar surface area (TPSA) is 185 Å². The fraction of sp³-hybridized carbons (Fsp3) is 0.455. The minimum atomic E-state index is -3.64. The lowest BCUT2D eigenvalue weighted by atomic mass is 9.85. The smallest absolute Gasteiger partial charge is 0.408 e. The molecule has 0 aliphatic carbocycles. The van der Waals surface area contributed by atoms with E-state index in [1.807, 2.05) is 0 Å². The Labute approximate surface area is 212 Å². The summed E-state index contributed by atoms with van der Waals surface area (Å²) in [5.41, 5.74) is 5.25. The van der Waals surface area contributed by atoms with E-state index < -0.39 is 61.6 Å². The molecule has 0 saturated carbocycles. The van der Waals surface area contributed by atoms with Crippen LogP contribution in [0.4, 0.5) is 10.5 Å². The minimum Gasteiger partial charge on any atom is -0.477 e. The van der Waals surface area contributed by atoms with E-state index in [1.165, 1.54) is 30.3 Å². The van der Waals surface area contributed by atoms with E-state index in [0.717, 1.165) is 22.9 Å². The number of sulfonamides is 1. The molecule has 5 N–H and O–H groups in total. The molecule has 2 amide bonds. The molecule has 2 aliphatic heterocycles. The minimum absolute atomic E-state index is 0.137. The maximum absolute atomic E-state index is 13.7. The number of anilines is 1. The van der Waals surface area contributed by atoms with Gasteiger partial charge in [-0.15, -0.1) is 11.8 Å². The van der Waals surface area contributed by atoms with Gasteiger partial charge in [0, 0.05) is 5.69 Å². The van der Waals surface area contributed by atoms with Crippen molar-refractivity contribution in [2.24, 2.45) is 11.7 Å². The van der Waals surface area contributed by atoms with Crippen LogP contribution in [-0.2, 0) is 29.1 Å². The first-order chi connectivity index (χ1) is 16.4. The zero-order valence-corrected chi connectivity index (χ0v) is 21.9. The van der Waals surface area contributed by atoms with Crippen LogP contribution in [0.5, 0.6) is 0 Å². The van der Waals surface area contributed by atoms with Gasteiger partial charge in [-0.1, -0.05) is 12.1 Å². The summed E-state index contributed by atoms with van der Waals surface area (Å²) in [5.74, 6) is -4.15. The second-order valence-corrected chi connectivity index (χ2v) is 13.0. The van der Waals surface area contributed by atoms with Gasteiger partial charge in [0.05, 0.1) is 11.1 Å². The molecule has 0 bridgehead atoms. The van der Waals surface area contributed by atoms with Gasteiger partial charge in [0.1, 0.15) is 28.6 Å². The van der Waals surface area contributed by atoms with E-state index in [4.69, 9.17) is 10.5 Å². The van der Waals surface area contributed by atoms with Gasteiger partial charge in [0.2, 0.25) is 15.9 Å². The Hall–Kier alpha value is -3.10. The van der Waals surface area contributed by atoms with Crippen molar-refractivity contribution in [3.8, 4) is 0 Å². The highest BCUT2D eigenvalue weighted by Gasteiger charge is 2.59. The van der Waals surface area contributed by atoms with Gasteiger partial charge in [0.15, 0.2) is 5.78 Å². The first kappa shape index (κ1) is 27.5. The summed E-state index contributed by atoms with van der Waals surface area (Å²) in [6.07, 6.45) is 1.27. The van der Waals surface area contributed by atoms with Gasteiger partial charge >= 0.3 is 12.1 Å². The van der Waals surface area contributed by atoms with Crippen LogP contribution < -0.4 is 15.8 Å². The van der Waals surface area contributed by atoms with Crippen LogP contribution >= 0.6 is 11.8 Å². The molecule has 0 radical (unpaired) electrons. The molecule has 36 heavy (non-hydrogen) atoms. The number of nitrogens with one attached hydrogen (secondary N) is 2. The van der Waals surface area contributed by atoms with Crippen LogP contribution in [0.25, 0.3) is 0 Å². The number of amides is 2. The normalized spacial score (nSPS) is 24.6. The van der Waals surface area contributed by atoms with Crippen LogP contribution in [-0.4, -0.2) is 64.3 Å². The molecule has 12 nitrogen and oxygen atoms in total. The number of thioether (sulfide) groups is 1. The molecule has 3 unspecified atom stereocenters. The number of alkyl carbamates (subject to hydrolysis) is 1. The number of fused-ring (bicyclic) bond motifs is 1. The van der Waals surface area contributed by atoms with Crippen LogP contribution in [0, 0.1) is 5.92 Å². The standard InChI is InChI=1S/C22H28N4O8S2/c1-21(2,3)34-20(31)24-15(11-7-6-8-12(9-11)25-36(5,32)33)16(27)14-17(28)26-13(19(29)30)10-22(4,23)35-18(14)26/h6-10,14-15,18,25H,23H2,1-5H3,(H,24,31)(H,29,30)/t14?,15?,18-,22?/m1/s1. The Balaban J connectivity index is 1.98. The summed E-state index contributed by atoms with van der Waals surface area (Å²) in [6.45, 7) is 6.45. The molecule has 1 aromatic rings. The summed E-state index contributed by atoms with van der Waals surface area (Å²) >= 11 is 1.04. The SMILES string of the molecule is CC(C)(C)OC(=O)NC(C(=O)C1C(=O)N2C(C(=O)O)=CC(C)(N)S[C@H]12)c1cccc(NS(C)(=O)=O)c1. The maximum Gasteiger partial charge on any atom is 0.408 e. The molecule has 3 rings (SSSR count). The zero-order chi connectivity index (χ0) is 27.2. The zero-order valence-electron chi connectivity index (χ0n) is 20.3. The third-order valence-electron chi connectivity index (χ3n) is 5.10. The predicted molar refractivity (Wildman–Crippen MR) is 132 cm³/mol. The summed E-state index contributed by atoms with van der Waals surface area (Å²) in [4.78, 5) is 50.8. The van der Waals surface area contributed by atoms with Crippen LogP contribution in [0.2, 0.25) is 0 Å². The van der Waals surface area contributed by atoms with Crippen molar-refractivity contribution in [3.05, 3.63) is 41.6 Å². The Morgan fingerprint density at radius 1 is 1.28 bits per heavy atom. The quantitative estimate of drug-likeness (QED) is 0.291. The summed E-state index contributed by atoms with van der Waals surface area (Å²) < 4.78 is 30.9. The number of carbonyl (C=O) groups excluding carboxylic acids is 3. The average Bonchev–Trinajstić information content (AvgIpc) is 2.68. The number of rotatable bonds is 7. The highest BCUT2D eigenvalue weighted by molar-refractivity contribution is 8.01. The Morgan fingerprint density at radius 3 is 2.47 bits per heavy atom. The molecule has 1 saturated heterocycles. The van der Waals surface area contributed by atoms with E-state index in [2.05, 4.69) is 10.0 Å². The lowest BCUT2D eigenvalue weighted by Gasteiger charge is -2.51. The lowest BCUT2D eigenvalue weighted by Crippen LogP contribution is -2.67. The van der Waals surface area contributed by atoms with Crippen LogP contribution in [0.1, 0.15) is 39.3 Å². The van der Waals surface area contributed by atoms with Gasteiger partial charge in [-0.3, -0.25) is 19.2 Å². The number of ether oxygens (including phenoxy) is 1. The van der Waals surface area contributed by atoms with Crippen molar-refractivity contribution in [2.75, 3.05) is 11.0 Å². The number of carbonyl (C=O) groups is 4. The first-order valence-electron chi connectivity index (χ1n) is 10.8. The number of carboxylic acids is 1. The second-order valence-electron chi connectivity index (χ2n) is 9.69. The predicted octanol–water partition coefficient (Wildman–Crippen LogP) is 1.37. The van der Waals surface area contributed by atoms with E-state index in [-0.39, 0.29) is 16.9 Å². The molecule has 0 spiro atoms. The largest absolute Gasteiger partial charge is 0.477 e. The van der Waals surface area contributed by atoms with Gasteiger partial charge in [-0.25, -0.2) is 18.0 Å². The van der Waals surface area contributed by atoms with E-state index >= 15 is 0 Å². The molecule has 14 heteroatoms. The Kier molecular flexibility index (Phi) is 7.18. The van der Waals surface area contributed by atoms with Crippen molar-refractivity contribution >= 4 is 51.2 Å². The van der Waals surface area contributed by atoms with Crippen molar-refractivity contribution in [2.45, 2.75) is 49.6 Å². The Bertz CT molecular complexity index is 1250. The van der Waals surface area contributed by atoms with Crippen molar-refractivity contribution in [1.82, 2.24) is 10.2 Å². The lowest BCUT2D eigenvalue weighted by molar-refractivity contribution is -0.157. The number of carboxylic acid groups (broad SMARTS) is 1. The van der Waals surface area contributed by atoms with Crippen LogP contribution in [0.3, 0.4) is 0 Å². The van der Waals surface area contributed by atoms with Gasteiger partial charge < -0.3 is 20.9 Å². The molecule has 1 fully saturated rings. The van der Waals surface area contributed by atoms with Crippen molar-refractivity contribution in [1.29, 1.82) is 0 Å². The van der Waals surface area contributed by atoms with Gasteiger partial charge in [0.25, 0.3) is 0 Å². The third-order valence-corrected chi connectivity index (χ3v) is 7.05. The van der Waals surface area contributed by atoms with E-state index in [1.54, 1.807) is 27.7 Å². The molecule has 2 heterocycles. The van der Waals surface area contributed by atoms with E-state index in [9.17, 15) is 32.7 Å². The number of Topliss-reactive ketones (excluding diaryl/α,β-unsaturated/α-hetero) is 1. The molecule has 196 valence electrons. The molecular formula is C22H28N4O8S2. The Morgan fingerprint density at radius 2 is 1.92 bits per heavy atom. The number of hydrogen-bond donors (Lipinski definition) is 4. The number of aliphatic carboxylic acids is 1. The number of benzene rings is 1. The van der Waals surface area contributed by atoms with Crippen molar-refractivity contribution < 1.29 is 37.4 Å². The molecule has 1 aromatic carbocycles. The number of β-lactam (4-membered cyclic amide) rings is 1. The average molecular weight is 541 g/mol. The number of ketones is 1. The monoisotopic (exact) mass is 540 g/mol. The maximum atomic E-state index is 13.7. The van der Waals surface area contributed by atoms with E-state index in [0.29, 0.717) is 0 Å². The summed E-state index contributed by atoms with van der Waals surface area (Å²) in [6, 6.07) is 4.37. The third kappa shape index (κ3) is 6.17. The number of nitrogens with two attached hydrogens (primary N) is 1. The highest BCUT2D eigenvalue weighted by atomic mass is 32.2. The first-order valence-corrected chi connectivity index (χ1v) is 13.5. The number of hydrogen-bond acceptors (Lipinski definition) is 9. The van der Waals surface area contributed by atoms with Crippen molar-refractivity contribution in [3.63, 3.8) is 0 Å². The fourth-order valence-corrected chi connectivity index (χ4v) is 5.79. The summed E-state index contributed by atoms with van der Waals surface area (Å²) in [5, 5.41) is 11.1.